The third kappa shape index (κ3) is 3.54. The SMILES string of the molecule is O=C(c1ccc2[nH]c3c(c2c1)CCCC3)N1CCC(C(=O)N2CCOCC2)CC1. The molecule has 2 saturated heterocycles. The molecule has 3 aliphatic rings. The van der Waals surface area contributed by atoms with Crippen LogP contribution in [0.15, 0.2) is 18.2 Å². The molecule has 1 aromatic heterocycles. The number of nitrogens with zero attached hydrogens (tertiary/aromatic N) is 2. The summed E-state index contributed by atoms with van der Waals surface area (Å²) in [4.78, 5) is 33.2. The molecule has 29 heavy (non-hydrogen) atoms. The Hall–Kier alpha value is -2.34. The number of nitrogens with one attached hydrogen (secondary N) is 1. The van der Waals surface area contributed by atoms with E-state index in [1.807, 2.05) is 15.9 Å². The average molecular weight is 396 g/mol. The Balaban J connectivity index is 1.26. The number of likely N-dealkylation sites (tertiary alicyclic amines) is 1. The van der Waals surface area contributed by atoms with Gasteiger partial charge in [-0.2, -0.15) is 0 Å². The van der Waals surface area contributed by atoms with E-state index in [1.54, 1.807) is 0 Å². The summed E-state index contributed by atoms with van der Waals surface area (Å²) in [6.07, 6.45) is 6.18. The fraction of sp³-hybridized carbons (Fsp3) is 0.565. The Kier molecular flexibility index (Phi) is 5.04. The highest BCUT2D eigenvalue weighted by Crippen LogP contribution is 2.30. The molecule has 1 aromatic carbocycles. The smallest absolute Gasteiger partial charge is 0.253 e. The first-order valence-electron chi connectivity index (χ1n) is 11.0. The third-order valence-electron chi connectivity index (χ3n) is 6.80. The van der Waals surface area contributed by atoms with Crippen molar-refractivity contribution in [2.75, 3.05) is 39.4 Å². The van der Waals surface area contributed by atoms with Gasteiger partial charge in [0.25, 0.3) is 5.91 Å². The van der Waals surface area contributed by atoms with Gasteiger partial charge in [0.2, 0.25) is 5.91 Å². The van der Waals surface area contributed by atoms with E-state index in [0.717, 1.165) is 36.8 Å². The van der Waals surface area contributed by atoms with Crippen molar-refractivity contribution in [3.8, 4) is 0 Å². The lowest BCUT2D eigenvalue weighted by Gasteiger charge is -2.35. The van der Waals surface area contributed by atoms with E-state index in [4.69, 9.17) is 4.74 Å². The second kappa shape index (κ2) is 7.82. The number of carbonyl (C=O) groups excluding carboxylic acids is 2. The Bertz CT molecular complexity index is 921. The van der Waals surface area contributed by atoms with Crippen LogP contribution in [0.4, 0.5) is 0 Å². The predicted octanol–water partition coefficient (Wildman–Crippen LogP) is 2.76. The van der Waals surface area contributed by atoms with Crippen molar-refractivity contribution in [1.29, 1.82) is 0 Å². The monoisotopic (exact) mass is 395 g/mol. The van der Waals surface area contributed by atoms with Crippen LogP contribution >= 0.6 is 0 Å². The Morgan fingerprint density at radius 2 is 1.72 bits per heavy atom. The number of rotatable bonds is 2. The van der Waals surface area contributed by atoms with Crippen LogP contribution in [-0.2, 0) is 22.4 Å². The standard InChI is InChI=1S/C23H29N3O3/c27-22(26-11-13-29-14-12-26)16-7-9-25(10-8-16)23(28)17-5-6-21-19(15-17)18-3-1-2-4-20(18)24-21/h5-6,15-16,24H,1-4,7-14H2. The van der Waals surface area contributed by atoms with Crippen LogP contribution < -0.4 is 0 Å². The number of aromatic nitrogens is 1. The number of hydrogen-bond donors (Lipinski definition) is 1. The van der Waals surface area contributed by atoms with Crippen LogP contribution in [-0.4, -0.2) is 66.0 Å². The average Bonchev–Trinajstić information content (AvgIpc) is 3.17. The molecule has 5 rings (SSSR count). The second-order valence-corrected chi connectivity index (χ2v) is 8.55. The molecule has 1 aliphatic carbocycles. The van der Waals surface area contributed by atoms with Gasteiger partial charge in [-0.05, 0) is 62.3 Å². The van der Waals surface area contributed by atoms with Crippen molar-refractivity contribution in [2.24, 2.45) is 5.92 Å². The highest BCUT2D eigenvalue weighted by atomic mass is 16.5. The first-order chi connectivity index (χ1) is 14.2. The fourth-order valence-corrected chi connectivity index (χ4v) is 5.09. The van der Waals surface area contributed by atoms with Crippen molar-refractivity contribution >= 4 is 22.7 Å². The summed E-state index contributed by atoms with van der Waals surface area (Å²) in [5, 5.41) is 1.21. The summed E-state index contributed by atoms with van der Waals surface area (Å²) in [6, 6.07) is 6.07. The normalized spacial score (nSPS) is 20.7. The van der Waals surface area contributed by atoms with Crippen LogP contribution in [0.3, 0.4) is 0 Å². The number of aromatic amines is 1. The lowest BCUT2D eigenvalue weighted by Crippen LogP contribution is -2.47. The minimum Gasteiger partial charge on any atom is -0.378 e. The van der Waals surface area contributed by atoms with E-state index < -0.39 is 0 Å². The van der Waals surface area contributed by atoms with Crippen molar-refractivity contribution in [2.45, 2.75) is 38.5 Å². The van der Waals surface area contributed by atoms with Crippen LogP contribution in [0.2, 0.25) is 0 Å². The topological polar surface area (TPSA) is 65.6 Å². The van der Waals surface area contributed by atoms with Gasteiger partial charge in [-0.15, -0.1) is 0 Å². The third-order valence-corrected chi connectivity index (χ3v) is 6.80. The number of carbonyl (C=O) groups is 2. The van der Waals surface area contributed by atoms with Gasteiger partial charge in [-0.3, -0.25) is 9.59 Å². The van der Waals surface area contributed by atoms with Gasteiger partial charge < -0.3 is 19.5 Å². The Morgan fingerprint density at radius 1 is 0.966 bits per heavy atom. The minimum atomic E-state index is 0.0383. The molecule has 2 amide bonds. The van der Waals surface area contributed by atoms with E-state index in [9.17, 15) is 9.59 Å². The number of aryl methyl sites for hydroxylation is 2. The maximum Gasteiger partial charge on any atom is 0.253 e. The van der Waals surface area contributed by atoms with Gasteiger partial charge >= 0.3 is 0 Å². The number of ether oxygens (including phenoxy) is 1. The molecule has 1 N–H and O–H groups in total. The number of hydrogen-bond acceptors (Lipinski definition) is 3. The zero-order valence-corrected chi connectivity index (χ0v) is 16.9. The molecule has 2 aromatic rings. The number of benzene rings is 1. The van der Waals surface area contributed by atoms with Gasteiger partial charge in [0, 0.05) is 54.3 Å². The second-order valence-electron chi connectivity index (χ2n) is 8.55. The number of H-pyrrole nitrogens is 1. The molecular weight excluding hydrogens is 366 g/mol. The highest BCUT2D eigenvalue weighted by molar-refractivity contribution is 5.99. The molecule has 0 unspecified atom stereocenters. The number of amides is 2. The molecule has 3 heterocycles. The molecular formula is C23H29N3O3. The number of piperidine rings is 1. The van der Waals surface area contributed by atoms with Crippen molar-refractivity contribution < 1.29 is 14.3 Å². The van der Waals surface area contributed by atoms with Gasteiger partial charge in [-0.25, -0.2) is 0 Å². The van der Waals surface area contributed by atoms with Crippen molar-refractivity contribution in [1.82, 2.24) is 14.8 Å². The Morgan fingerprint density at radius 3 is 2.52 bits per heavy atom. The van der Waals surface area contributed by atoms with E-state index in [-0.39, 0.29) is 17.7 Å². The van der Waals surface area contributed by atoms with E-state index in [0.29, 0.717) is 39.4 Å². The van der Waals surface area contributed by atoms with Crippen molar-refractivity contribution in [3.05, 3.63) is 35.0 Å². The Labute approximate surface area is 171 Å². The summed E-state index contributed by atoms with van der Waals surface area (Å²) in [7, 11) is 0. The minimum absolute atomic E-state index is 0.0383. The highest BCUT2D eigenvalue weighted by Gasteiger charge is 2.31. The lowest BCUT2D eigenvalue weighted by atomic mass is 9.93. The molecule has 0 spiro atoms. The van der Waals surface area contributed by atoms with Crippen molar-refractivity contribution in [3.63, 3.8) is 0 Å². The first-order valence-corrected chi connectivity index (χ1v) is 11.0. The molecule has 154 valence electrons. The summed E-state index contributed by atoms with van der Waals surface area (Å²) in [5.41, 5.74) is 4.65. The van der Waals surface area contributed by atoms with Crippen LogP contribution in [0.5, 0.6) is 0 Å². The number of morpholine rings is 1. The zero-order valence-electron chi connectivity index (χ0n) is 16.9. The molecule has 6 heteroatoms. The summed E-state index contributed by atoms with van der Waals surface area (Å²) >= 11 is 0. The maximum atomic E-state index is 13.1. The van der Waals surface area contributed by atoms with Gasteiger partial charge in [0.05, 0.1) is 13.2 Å². The van der Waals surface area contributed by atoms with E-state index in [2.05, 4.69) is 17.1 Å². The summed E-state index contributed by atoms with van der Waals surface area (Å²) in [6.45, 7) is 3.96. The number of fused-ring (bicyclic) bond motifs is 3. The van der Waals surface area contributed by atoms with Crippen LogP contribution in [0.1, 0.15) is 47.3 Å². The summed E-state index contributed by atoms with van der Waals surface area (Å²) < 4.78 is 5.34. The van der Waals surface area contributed by atoms with Crippen LogP contribution in [0.25, 0.3) is 10.9 Å². The lowest BCUT2D eigenvalue weighted by molar-refractivity contribution is -0.141. The first kappa shape index (κ1) is 18.7. The van der Waals surface area contributed by atoms with Gasteiger partial charge in [-0.1, -0.05) is 0 Å². The quantitative estimate of drug-likeness (QED) is 0.850. The molecule has 0 atom stereocenters. The van der Waals surface area contributed by atoms with E-state index >= 15 is 0 Å². The molecule has 2 aliphatic heterocycles. The fourth-order valence-electron chi connectivity index (χ4n) is 5.09. The predicted molar refractivity (Wildman–Crippen MR) is 111 cm³/mol. The molecule has 0 radical (unpaired) electrons. The molecule has 6 nitrogen and oxygen atoms in total. The maximum absolute atomic E-state index is 13.1. The molecule has 2 fully saturated rings. The van der Waals surface area contributed by atoms with Crippen LogP contribution in [0, 0.1) is 5.92 Å². The van der Waals surface area contributed by atoms with Gasteiger partial charge in [0.15, 0.2) is 0 Å². The van der Waals surface area contributed by atoms with Gasteiger partial charge in [0.1, 0.15) is 0 Å². The molecule has 0 saturated carbocycles. The van der Waals surface area contributed by atoms with E-state index in [1.165, 1.54) is 29.5 Å². The zero-order chi connectivity index (χ0) is 19.8. The summed E-state index contributed by atoms with van der Waals surface area (Å²) in [5.74, 6) is 0.368. The molecule has 0 bridgehead atoms. The largest absolute Gasteiger partial charge is 0.378 e.